The van der Waals surface area contributed by atoms with Gasteiger partial charge in [-0.25, -0.2) is 0 Å². The lowest BCUT2D eigenvalue weighted by molar-refractivity contribution is -0.384. The molecule has 1 aliphatic heterocycles. The van der Waals surface area contributed by atoms with Crippen LogP contribution in [0, 0.1) is 16.0 Å². The molecule has 1 heterocycles. The van der Waals surface area contributed by atoms with Gasteiger partial charge in [-0.2, -0.15) is 0 Å². The number of hydrogen-bond donors (Lipinski definition) is 2. The minimum atomic E-state index is -0.777. The Kier molecular flexibility index (Phi) is 6.13. The first-order valence-corrected chi connectivity index (χ1v) is 9.57. The summed E-state index contributed by atoms with van der Waals surface area (Å²) in [5, 5.41) is 24.2. The quantitative estimate of drug-likeness (QED) is 0.547. The average molecular weight is 383 g/mol. The number of carboxylic acids is 1. The standard InChI is InChI=1S/C21H25N3O4/c1-2-19-17(21(25)26)9-6-12-23(19)16-10-11-20(24(27)28)18(13-16)22-14-15-7-4-3-5-8-15/h3-5,7-8,10-11,13,17,19,22H,2,6,9,12,14H2,1H3,(H,25,26). The van der Waals surface area contributed by atoms with Gasteiger partial charge in [0.15, 0.2) is 0 Å². The summed E-state index contributed by atoms with van der Waals surface area (Å²) in [6.07, 6.45) is 2.16. The minimum Gasteiger partial charge on any atom is -0.481 e. The molecule has 0 spiro atoms. The number of benzene rings is 2. The van der Waals surface area contributed by atoms with Crippen LogP contribution in [0.25, 0.3) is 0 Å². The van der Waals surface area contributed by atoms with Crippen molar-refractivity contribution in [1.82, 2.24) is 0 Å². The molecule has 2 N–H and O–H groups in total. The van der Waals surface area contributed by atoms with Gasteiger partial charge in [-0.15, -0.1) is 0 Å². The van der Waals surface area contributed by atoms with Crippen LogP contribution in [0.4, 0.5) is 17.1 Å². The van der Waals surface area contributed by atoms with Crippen molar-refractivity contribution in [2.45, 2.75) is 38.8 Å². The van der Waals surface area contributed by atoms with E-state index in [4.69, 9.17) is 0 Å². The van der Waals surface area contributed by atoms with Gasteiger partial charge in [0.05, 0.1) is 10.8 Å². The Morgan fingerprint density at radius 3 is 2.68 bits per heavy atom. The zero-order valence-corrected chi connectivity index (χ0v) is 15.9. The number of piperidine rings is 1. The van der Waals surface area contributed by atoms with Gasteiger partial charge < -0.3 is 15.3 Å². The fourth-order valence-corrected chi connectivity index (χ4v) is 3.97. The van der Waals surface area contributed by atoms with Crippen LogP contribution in [0.5, 0.6) is 0 Å². The summed E-state index contributed by atoms with van der Waals surface area (Å²) < 4.78 is 0. The molecule has 2 atom stereocenters. The van der Waals surface area contributed by atoms with E-state index in [2.05, 4.69) is 10.2 Å². The molecule has 3 rings (SSSR count). The second-order valence-electron chi connectivity index (χ2n) is 7.05. The van der Waals surface area contributed by atoms with Crippen molar-refractivity contribution in [3.05, 3.63) is 64.2 Å². The first-order valence-electron chi connectivity index (χ1n) is 9.57. The van der Waals surface area contributed by atoms with E-state index in [-0.39, 0.29) is 11.7 Å². The summed E-state index contributed by atoms with van der Waals surface area (Å²) in [6.45, 7) is 3.21. The third-order valence-corrected chi connectivity index (χ3v) is 5.35. The Morgan fingerprint density at radius 1 is 1.29 bits per heavy atom. The molecular weight excluding hydrogens is 358 g/mol. The number of anilines is 2. The highest BCUT2D eigenvalue weighted by Crippen LogP contribution is 2.35. The monoisotopic (exact) mass is 383 g/mol. The molecular formula is C21H25N3O4. The number of carboxylic acid groups (broad SMARTS) is 1. The Morgan fingerprint density at radius 2 is 2.04 bits per heavy atom. The third kappa shape index (κ3) is 4.24. The van der Waals surface area contributed by atoms with Gasteiger partial charge in [0, 0.05) is 30.9 Å². The molecule has 7 nitrogen and oxygen atoms in total. The minimum absolute atomic E-state index is 0.0134. The summed E-state index contributed by atoms with van der Waals surface area (Å²) in [7, 11) is 0. The van der Waals surface area contributed by atoms with Crippen LogP contribution in [0.15, 0.2) is 48.5 Å². The van der Waals surface area contributed by atoms with Gasteiger partial charge in [0.1, 0.15) is 5.69 Å². The predicted molar refractivity (Wildman–Crippen MR) is 109 cm³/mol. The summed E-state index contributed by atoms with van der Waals surface area (Å²) >= 11 is 0. The number of aliphatic carboxylic acids is 1. The third-order valence-electron chi connectivity index (χ3n) is 5.35. The lowest BCUT2D eigenvalue weighted by Gasteiger charge is -2.41. The van der Waals surface area contributed by atoms with Gasteiger partial charge in [-0.05, 0) is 37.0 Å². The van der Waals surface area contributed by atoms with E-state index in [0.717, 1.165) is 24.2 Å². The maximum Gasteiger partial charge on any atom is 0.308 e. The number of nitrogens with one attached hydrogen (secondary N) is 1. The number of carbonyl (C=O) groups is 1. The molecule has 28 heavy (non-hydrogen) atoms. The number of nitro groups is 1. The zero-order valence-electron chi connectivity index (χ0n) is 15.9. The number of hydrogen-bond acceptors (Lipinski definition) is 5. The van der Waals surface area contributed by atoms with Crippen molar-refractivity contribution in [2.75, 3.05) is 16.8 Å². The van der Waals surface area contributed by atoms with Crippen molar-refractivity contribution in [2.24, 2.45) is 5.92 Å². The van der Waals surface area contributed by atoms with Crippen molar-refractivity contribution in [3.8, 4) is 0 Å². The largest absolute Gasteiger partial charge is 0.481 e. The van der Waals surface area contributed by atoms with Crippen molar-refractivity contribution in [1.29, 1.82) is 0 Å². The molecule has 7 heteroatoms. The van der Waals surface area contributed by atoms with Crippen LogP contribution >= 0.6 is 0 Å². The Bertz CT molecular complexity index is 841. The fraction of sp³-hybridized carbons (Fsp3) is 0.381. The second-order valence-corrected chi connectivity index (χ2v) is 7.05. The first-order chi connectivity index (χ1) is 13.5. The predicted octanol–water partition coefficient (Wildman–Crippen LogP) is 4.29. The molecule has 2 unspecified atom stereocenters. The Balaban J connectivity index is 1.89. The highest BCUT2D eigenvalue weighted by atomic mass is 16.6. The summed E-state index contributed by atoms with van der Waals surface area (Å²) in [4.78, 5) is 24.8. The lowest BCUT2D eigenvalue weighted by atomic mass is 9.87. The SMILES string of the molecule is CCC1C(C(=O)O)CCCN1c1ccc([N+](=O)[O-])c(NCc2ccccc2)c1. The van der Waals surface area contributed by atoms with E-state index in [1.165, 1.54) is 6.07 Å². The highest BCUT2D eigenvalue weighted by Gasteiger charge is 2.35. The van der Waals surface area contributed by atoms with Gasteiger partial charge in [0.2, 0.25) is 0 Å². The van der Waals surface area contributed by atoms with Gasteiger partial charge in [0.25, 0.3) is 5.69 Å². The van der Waals surface area contributed by atoms with Crippen LogP contribution in [0.2, 0.25) is 0 Å². The Labute approximate surface area is 164 Å². The highest BCUT2D eigenvalue weighted by molar-refractivity contribution is 5.74. The van der Waals surface area contributed by atoms with Crippen LogP contribution in [-0.4, -0.2) is 28.6 Å². The number of nitro benzene ring substituents is 1. The smallest absolute Gasteiger partial charge is 0.308 e. The molecule has 2 aromatic carbocycles. The van der Waals surface area contributed by atoms with E-state index in [1.54, 1.807) is 12.1 Å². The molecule has 1 saturated heterocycles. The molecule has 0 saturated carbocycles. The van der Waals surface area contributed by atoms with Crippen molar-refractivity contribution in [3.63, 3.8) is 0 Å². The maximum absolute atomic E-state index is 11.6. The molecule has 0 bridgehead atoms. The topological polar surface area (TPSA) is 95.7 Å². The fourth-order valence-electron chi connectivity index (χ4n) is 3.97. The molecule has 1 fully saturated rings. The van der Waals surface area contributed by atoms with Crippen LogP contribution in [0.3, 0.4) is 0 Å². The van der Waals surface area contributed by atoms with Gasteiger partial charge in [-0.1, -0.05) is 37.3 Å². The van der Waals surface area contributed by atoms with E-state index in [0.29, 0.717) is 25.1 Å². The summed E-state index contributed by atoms with van der Waals surface area (Å²) in [6, 6.07) is 14.6. The van der Waals surface area contributed by atoms with E-state index in [9.17, 15) is 20.0 Å². The molecule has 148 valence electrons. The van der Waals surface area contributed by atoms with Crippen molar-refractivity contribution < 1.29 is 14.8 Å². The number of rotatable bonds is 7. The van der Waals surface area contributed by atoms with Crippen LogP contribution in [0.1, 0.15) is 31.7 Å². The summed E-state index contributed by atoms with van der Waals surface area (Å²) in [5.74, 6) is -1.20. The van der Waals surface area contributed by atoms with Gasteiger partial charge >= 0.3 is 5.97 Å². The van der Waals surface area contributed by atoms with Crippen LogP contribution in [-0.2, 0) is 11.3 Å². The number of nitrogens with zero attached hydrogens (tertiary/aromatic N) is 2. The van der Waals surface area contributed by atoms with E-state index in [1.807, 2.05) is 37.3 Å². The average Bonchev–Trinajstić information content (AvgIpc) is 2.72. The molecule has 0 amide bonds. The van der Waals surface area contributed by atoms with Crippen LogP contribution < -0.4 is 10.2 Å². The maximum atomic E-state index is 11.6. The molecule has 1 aliphatic rings. The second kappa shape index (κ2) is 8.73. The normalized spacial score (nSPS) is 19.2. The Hall–Kier alpha value is -3.09. The molecule has 0 aromatic heterocycles. The lowest BCUT2D eigenvalue weighted by Crippen LogP contribution is -2.47. The van der Waals surface area contributed by atoms with E-state index < -0.39 is 16.8 Å². The molecule has 2 aromatic rings. The molecule has 0 radical (unpaired) electrons. The summed E-state index contributed by atoms with van der Waals surface area (Å²) in [5.41, 5.74) is 2.30. The molecule has 0 aliphatic carbocycles. The van der Waals surface area contributed by atoms with Gasteiger partial charge in [-0.3, -0.25) is 14.9 Å². The van der Waals surface area contributed by atoms with E-state index >= 15 is 0 Å². The first kappa shape index (κ1) is 19.7. The van der Waals surface area contributed by atoms with Crippen molar-refractivity contribution >= 4 is 23.0 Å². The zero-order chi connectivity index (χ0) is 20.1.